The number of carboxylic acid groups (broad SMARTS) is 1. The minimum atomic E-state index is -3.11. The van der Waals surface area contributed by atoms with E-state index in [-0.39, 0.29) is 24.4 Å². The van der Waals surface area contributed by atoms with Crippen molar-refractivity contribution in [2.75, 3.05) is 26.7 Å². The molecule has 2 N–H and O–H groups in total. The largest absolute Gasteiger partial charge is 0.478 e. The van der Waals surface area contributed by atoms with Crippen molar-refractivity contribution < 1.29 is 27.9 Å². The molecule has 3 heterocycles. The lowest BCUT2D eigenvalue weighted by atomic mass is 9.94. The van der Waals surface area contributed by atoms with Gasteiger partial charge in [0.15, 0.2) is 10.8 Å². The lowest BCUT2D eigenvalue weighted by molar-refractivity contribution is -0.133. The van der Waals surface area contributed by atoms with E-state index in [9.17, 15) is 27.9 Å². The van der Waals surface area contributed by atoms with Crippen LogP contribution in [-0.2, 0) is 9.59 Å². The number of thiazole rings is 1. The number of nitrogens with one attached hydrogen (secondary N) is 1. The molecule has 192 valence electrons. The van der Waals surface area contributed by atoms with Crippen molar-refractivity contribution in [1.82, 2.24) is 20.1 Å². The Labute approximate surface area is 217 Å². The number of likely N-dealkylation sites (tertiary alicyclic amines) is 1. The monoisotopic (exact) mass is 585 g/mol. The van der Waals surface area contributed by atoms with E-state index in [0.29, 0.717) is 20.9 Å². The summed E-state index contributed by atoms with van der Waals surface area (Å²) in [6, 6.07) is 1.64. The molecular weight excluding hydrogens is 563 g/mol. The molecule has 8 nitrogen and oxygen atoms in total. The third-order valence-corrected chi connectivity index (χ3v) is 7.57. The smallest absolute Gasteiger partial charge is 0.335 e. The number of benzene rings is 1. The second-order valence-electron chi connectivity index (χ2n) is 8.36. The van der Waals surface area contributed by atoms with Gasteiger partial charge in [-0.25, -0.2) is 22.9 Å². The van der Waals surface area contributed by atoms with Gasteiger partial charge in [0.05, 0.1) is 18.2 Å². The fourth-order valence-electron chi connectivity index (χ4n) is 4.56. The number of halogens is 4. The first-order valence-electron chi connectivity index (χ1n) is 11.1. The van der Waals surface area contributed by atoms with Crippen LogP contribution in [0.2, 0.25) is 0 Å². The first kappa shape index (κ1) is 26.3. The van der Waals surface area contributed by atoms with Gasteiger partial charge in [0, 0.05) is 48.3 Å². The average Bonchev–Trinajstić information content (AvgIpc) is 3.45. The highest BCUT2D eigenvalue weighted by molar-refractivity contribution is 9.10. The maximum Gasteiger partial charge on any atom is 0.335 e. The zero-order chi connectivity index (χ0) is 26.2. The summed E-state index contributed by atoms with van der Waals surface area (Å²) in [5.74, 6) is -5.13. The van der Waals surface area contributed by atoms with Crippen molar-refractivity contribution in [3.63, 3.8) is 0 Å². The van der Waals surface area contributed by atoms with Crippen LogP contribution in [0.3, 0.4) is 0 Å². The summed E-state index contributed by atoms with van der Waals surface area (Å²) in [6.45, 7) is 1.12. The van der Waals surface area contributed by atoms with Gasteiger partial charge in [-0.2, -0.15) is 0 Å². The number of hydrogen-bond acceptors (Lipinski definition) is 7. The average molecular weight is 586 g/mol. The van der Waals surface area contributed by atoms with Crippen LogP contribution in [0.1, 0.15) is 30.0 Å². The van der Waals surface area contributed by atoms with Gasteiger partial charge in [-0.1, -0.05) is 22.0 Å². The topological polar surface area (TPSA) is 98.1 Å². The van der Waals surface area contributed by atoms with Crippen molar-refractivity contribution >= 4 is 45.0 Å². The number of aromatic nitrogens is 1. The zero-order valence-electron chi connectivity index (χ0n) is 19.3. The number of rotatable bonds is 7. The molecule has 2 aliphatic heterocycles. The van der Waals surface area contributed by atoms with E-state index in [1.807, 2.05) is 0 Å². The zero-order valence-corrected chi connectivity index (χ0v) is 21.7. The summed E-state index contributed by atoms with van der Waals surface area (Å²) in [5.41, 5.74) is 0.471. The molecule has 1 saturated heterocycles. The fraction of sp³-hybridized carbons (Fsp3) is 0.391. The van der Waals surface area contributed by atoms with E-state index in [0.717, 1.165) is 0 Å². The van der Waals surface area contributed by atoms with Crippen LogP contribution in [0.5, 0.6) is 0 Å². The molecule has 1 fully saturated rings. The number of nitrogens with zero attached hydrogens (tertiary/aromatic N) is 4. The molecule has 0 radical (unpaired) electrons. The molecule has 1 aromatic carbocycles. The second-order valence-corrected chi connectivity index (χ2v) is 10.1. The van der Waals surface area contributed by atoms with Crippen molar-refractivity contribution in [3.05, 3.63) is 61.9 Å². The molecule has 1 aromatic heterocycles. The minimum Gasteiger partial charge on any atom is -0.478 e. The lowest BCUT2D eigenvalue weighted by Crippen LogP contribution is -2.47. The Morgan fingerprint density at radius 1 is 1.36 bits per heavy atom. The maximum absolute atomic E-state index is 14.4. The minimum absolute atomic E-state index is 0.143. The predicted molar refractivity (Wildman–Crippen MR) is 132 cm³/mol. The number of carbonyl (C=O) groups is 2. The van der Waals surface area contributed by atoms with Gasteiger partial charge in [0.25, 0.3) is 5.92 Å². The number of carbonyl (C=O) groups excluding carboxylic acids is 1. The van der Waals surface area contributed by atoms with Crippen molar-refractivity contribution in [1.29, 1.82) is 0 Å². The van der Waals surface area contributed by atoms with Crippen LogP contribution < -0.4 is 5.32 Å². The molecule has 0 aliphatic carbocycles. The summed E-state index contributed by atoms with van der Waals surface area (Å²) >= 11 is 4.60. The standard InChI is InChI=1S/C23H23BrF3N5O3S/c1-3-32-16(10-31-11-23(26,27)9-15(31)20(33)28-2)17(22(34)35)18(13-5-4-12(25)8-14(13)24)30-19(32)21-29-6-7-36-21/h4-8,15,18H,3,9-11H2,1-2H3,(H,28,33)(H,34,35). The Kier molecular flexibility index (Phi) is 7.53. The molecule has 2 unspecified atom stereocenters. The van der Waals surface area contributed by atoms with Gasteiger partial charge in [-0.15, -0.1) is 11.3 Å². The Balaban J connectivity index is 1.89. The Morgan fingerprint density at radius 3 is 2.69 bits per heavy atom. The number of likely N-dealkylation sites (N-methyl/N-ethyl adjacent to an activating group) is 2. The molecular formula is C23H23BrF3N5O3S. The number of aliphatic carboxylic acids is 1. The maximum atomic E-state index is 14.4. The number of hydrogen-bond donors (Lipinski definition) is 2. The van der Waals surface area contributed by atoms with Crippen molar-refractivity contribution in [3.8, 4) is 0 Å². The Hall–Kier alpha value is -2.77. The van der Waals surface area contributed by atoms with Crippen LogP contribution in [0, 0.1) is 5.82 Å². The summed E-state index contributed by atoms with van der Waals surface area (Å²) < 4.78 is 43.0. The number of aliphatic imine (C=N–C) groups is 1. The van der Waals surface area contributed by atoms with Gasteiger partial charge < -0.3 is 15.3 Å². The van der Waals surface area contributed by atoms with Crippen molar-refractivity contribution in [2.24, 2.45) is 4.99 Å². The first-order chi connectivity index (χ1) is 17.1. The van der Waals surface area contributed by atoms with Gasteiger partial charge >= 0.3 is 5.97 Å². The summed E-state index contributed by atoms with van der Waals surface area (Å²) in [6.07, 6.45) is 0.909. The van der Waals surface area contributed by atoms with Gasteiger partial charge in [-0.3, -0.25) is 14.7 Å². The second kappa shape index (κ2) is 10.3. The quantitative estimate of drug-likeness (QED) is 0.514. The molecule has 1 amide bonds. The van der Waals surface area contributed by atoms with Crippen LogP contribution in [-0.4, -0.2) is 76.2 Å². The van der Waals surface area contributed by atoms with E-state index in [2.05, 4.69) is 26.2 Å². The van der Waals surface area contributed by atoms with E-state index in [1.165, 1.54) is 41.5 Å². The number of amidine groups is 1. The van der Waals surface area contributed by atoms with E-state index >= 15 is 0 Å². The summed E-state index contributed by atoms with van der Waals surface area (Å²) in [7, 11) is 1.37. The number of alkyl halides is 2. The molecule has 2 aromatic rings. The highest BCUT2D eigenvalue weighted by Gasteiger charge is 2.49. The van der Waals surface area contributed by atoms with E-state index in [4.69, 9.17) is 4.99 Å². The van der Waals surface area contributed by atoms with E-state index in [1.54, 1.807) is 23.4 Å². The van der Waals surface area contributed by atoms with Gasteiger partial charge in [0.2, 0.25) is 5.91 Å². The number of amides is 1. The molecule has 4 rings (SSSR count). The third kappa shape index (κ3) is 5.04. The Bertz CT molecular complexity index is 1240. The first-order valence-corrected chi connectivity index (χ1v) is 12.7. The Morgan fingerprint density at radius 2 is 2.11 bits per heavy atom. The molecule has 2 atom stereocenters. The third-order valence-electron chi connectivity index (χ3n) is 6.11. The predicted octanol–water partition coefficient (Wildman–Crippen LogP) is 3.66. The SMILES string of the molecule is CCN1C(c2nccs2)=NC(c2ccc(F)cc2Br)C(C(=O)O)=C1CN1CC(F)(F)CC1C(=O)NC. The van der Waals surface area contributed by atoms with Crippen molar-refractivity contribution in [2.45, 2.75) is 31.4 Å². The molecule has 36 heavy (non-hydrogen) atoms. The lowest BCUT2D eigenvalue weighted by Gasteiger charge is -2.37. The number of carboxylic acids is 1. The summed E-state index contributed by atoms with van der Waals surface area (Å²) in [5, 5.41) is 15.0. The normalized spacial score (nSPS) is 22.1. The van der Waals surface area contributed by atoms with Crippen LogP contribution in [0.15, 0.2) is 50.5 Å². The molecule has 0 saturated carbocycles. The molecule has 0 spiro atoms. The van der Waals surface area contributed by atoms with Gasteiger partial charge in [0.1, 0.15) is 11.9 Å². The van der Waals surface area contributed by atoms with Gasteiger partial charge in [-0.05, 0) is 24.6 Å². The van der Waals surface area contributed by atoms with Crippen LogP contribution >= 0.6 is 27.3 Å². The fourth-order valence-corrected chi connectivity index (χ4v) is 5.77. The van der Waals surface area contributed by atoms with E-state index < -0.39 is 48.7 Å². The molecule has 0 bridgehead atoms. The molecule has 13 heteroatoms. The summed E-state index contributed by atoms with van der Waals surface area (Å²) in [4.78, 5) is 37.0. The molecule has 2 aliphatic rings. The van der Waals surface area contributed by atoms with Crippen LogP contribution in [0.25, 0.3) is 0 Å². The highest BCUT2D eigenvalue weighted by Crippen LogP contribution is 2.40. The highest BCUT2D eigenvalue weighted by atomic mass is 79.9. The van der Waals surface area contributed by atoms with Crippen LogP contribution in [0.4, 0.5) is 13.2 Å².